The fraction of sp³-hybridized carbons (Fsp3) is 0.867. The summed E-state index contributed by atoms with van der Waals surface area (Å²) in [6, 6.07) is 0. The summed E-state index contributed by atoms with van der Waals surface area (Å²) >= 11 is 0. The summed E-state index contributed by atoms with van der Waals surface area (Å²) in [5, 5.41) is 0. The van der Waals surface area contributed by atoms with Crippen molar-refractivity contribution >= 4 is 7.12 Å². The highest BCUT2D eigenvalue weighted by Gasteiger charge is 2.53. The second-order valence-electron chi connectivity index (χ2n) is 7.42. The van der Waals surface area contributed by atoms with Gasteiger partial charge >= 0.3 is 7.12 Å². The molecule has 0 amide bonds. The van der Waals surface area contributed by atoms with Gasteiger partial charge in [0.05, 0.1) is 11.2 Å². The van der Waals surface area contributed by atoms with Crippen molar-refractivity contribution in [2.75, 3.05) is 0 Å². The molecule has 1 saturated carbocycles. The highest BCUT2D eigenvalue weighted by molar-refractivity contribution is 6.54. The molecular weight excluding hydrogens is 223 g/mol. The van der Waals surface area contributed by atoms with Crippen LogP contribution in [0.2, 0.25) is 0 Å². The van der Waals surface area contributed by atoms with Crippen molar-refractivity contribution in [3.63, 3.8) is 0 Å². The fourth-order valence-corrected chi connectivity index (χ4v) is 3.30. The zero-order chi connectivity index (χ0) is 13.0. The zero-order valence-electron chi connectivity index (χ0n) is 12.2. The number of rotatable bonds is 1. The molecule has 0 aromatic rings. The summed E-state index contributed by atoms with van der Waals surface area (Å²) in [4.78, 5) is 0. The Morgan fingerprint density at radius 1 is 1.00 bits per heavy atom. The smallest absolute Gasteiger partial charge is 0.400 e. The van der Waals surface area contributed by atoms with Crippen molar-refractivity contribution < 1.29 is 9.31 Å². The minimum absolute atomic E-state index is 0.104. The van der Waals surface area contributed by atoms with Gasteiger partial charge in [-0.15, -0.1) is 0 Å². The molecule has 0 unspecified atom stereocenters. The molecule has 0 aromatic heterocycles. The van der Waals surface area contributed by atoms with Gasteiger partial charge in [-0.3, -0.25) is 0 Å². The van der Waals surface area contributed by atoms with Gasteiger partial charge in [0.15, 0.2) is 0 Å². The molecule has 1 saturated heterocycles. The van der Waals surface area contributed by atoms with Crippen LogP contribution in [0.25, 0.3) is 0 Å². The van der Waals surface area contributed by atoms with Gasteiger partial charge in [-0.25, -0.2) is 0 Å². The number of hydrogen-bond acceptors (Lipinski definition) is 2. The molecule has 2 aliphatic carbocycles. The van der Waals surface area contributed by atoms with Gasteiger partial charge in [0.25, 0.3) is 0 Å². The molecular formula is C15H25BO2. The third-order valence-electron chi connectivity index (χ3n) is 5.71. The van der Waals surface area contributed by atoms with Crippen LogP contribution in [0.4, 0.5) is 0 Å². The minimum Gasteiger partial charge on any atom is -0.400 e. The maximum atomic E-state index is 6.13. The lowest BCUT2D eigenvalue weighted by atomic mass is 9.58. The molecule has 2 fully saturated rings. The molecule has 18 heavy (non-hydrogen) atoms. The molecule has 0 bridgehead atoms. The molecule has 2 nitrogen and oxygen atoms in total. The van der Waals surface area contributed by atoms with Crippen molar-refractivity contribution in [3.05, 3.63) is 11.5 Å². The van der Waals surface area contributed by atoms with E-state index in [2.05, 4.69) is 33.8 Å². The van der Waals surface area contributed by atoms with E-state index in [0.717, 1.165) is 6.42 Å². The molecule has 1 heterocycles. The van der Waals surface area contributed by atoms with Gasteiger partial charge in [-0.2, -0.15) is 0 Å². The molecule has 3 rings (SSSR count). The van der Waals surface area contributed by atoms with Crippen LogP contribution in [0.3, 0.4) is 0 Å². The molecule has 1 aliphatic heterocycles. The van der Waals surface area contributed by atoms with Crippen LogP contribution < -0.4 is 0 Å². The van der Waals surface area contributed by atoms with E-state index >= 15 is 0 Å². The maximum absolute atomic E-state index is 6.13. The summed E-state index contributed by atoms with van der Waals surface area (Å²) in [6.07, 6.45) is 10.4. The van der Waals surface area contributed by atoms with E-state index in [4.69, 9.17) is 9.31 Å². The monoisotopic (exact) mass is 248 g/mol. The molecule has 0 atom stereocenters. The molecule has 0 radical (unpaired) electrons. The van der Waals surface area contributed by atoms with E-state index in [1.165, 1.54) is 37.6 Å². The Morgan fingerprint density at radius 3 is 2.00 bits per heavy atom. The van der Waals surface area contributed by atoms with Crippen LogP contribution in [0, 0.1) is 5.41 Å². The second-order valence-corrected chi connectivity index (χ2v) is 7.42. The van der Waals surface area contributed by atoms with Gasteiger partial charge < -0.3 is 9.31 Å². The van der Waals surface area contributed by atoms with Gasteiger partial charge in [0.1, 0.15) is 0 Å². The second kappa shape index (κ2) is 3.86. The lowest BCUT2D eigenvalue weighted by Crippen LogP contribution is -2.41. The Bertz CT molecular complexity index is 364. The summed E-state index contributed by atoms with van der Waals surface area (Å²) in [6.45, 7) is 8.52. The van der Waals surface area contributed by atoms with Crippen LogP contribution in [0.1, 0.15) is 66.2 Å². The molecule has 3 aliphatic rings. The van der Waals surface area contributed by atoms with E-state index in [1.54, 1.807) is 0 Å². The highest BCUT2D eigenvalue weighted by Crippen LogP contribution is 2.52. The SMILES string of the molecule is CC1(C)OB(C2=CCC3(CCC3)CC2)OC1(C)C. The first-order valence-electron chi connectivity index (χ1n) is 7.38. The average Bonchev–Trinajstić information content (AvgIpc) is 2.46. The van der Waals surface area contributed by atoms with Crippen molar-refractivity contribution in [1.29, 1.82) is 0 Å². The van der Waals surface area contributed by atoms with Crippen LogP contribution in [-0.2, 0) is 9.31 Å². The average molecular weight is 248 g/mol. The first-order valence-corrected chi connectivity index (χ1v) is 7.38. The number of allylic oxidation sites excluding steroid dienone is 2. The Morgan fingerprint density at radius 2 is 1.61 bits per heavy atom. The van der Waals surface area contributed by atoms with E-state index < -0.39 is 0 Å². The quantitative estimate of drug-likeness (QED) is 0.655. The largest absolute Gasteiger partial charge is 0.490 e. The van der Waals surface area contributed by atoms with E-state index in [1.807, 2.05) is 0 Å². The first kappa shape index (κ1) is 12.7. The molecule has 0 aromatic carbocycles. The lowest BCUT2D eigenvalue weighted by Gasteiger charge is -2.44. The standard InChI is InChI=1S/C15H25BO2/c1-13(2)14(3,4)18-16(17-13)12-6-10-15(11-7-12)8-5-9-15/h6H,5,7-11H2,1-4H3. The predicted molar refractivity (Wildman–Crippen MR) is 74.3 cm³/mol. The van der Waals surface area contributed by atoms with Crippen LogP contribution >= 0.6 is 0 Å². The Balaban J connectivity index is 1.71. The fourth-order valence-electron chi connectivity index (χ4n) is 3.30. The Labute approximate surface area is 111 Å². The molecule has 1 spiro atoms. The van der Waals surface area contributed by atoms with E-state index in [0.29, 0.717) is 5.41 Å². The van der Waals surface area contributed by atoms with Gasteiger partial charge in [0.2, 0.25) is 0 Å². The van der Waals surface area contributed by atoms with Gasteiger partial charge in [-0.1, -0.05) is 12.5 Å². The normalized spacial score (nSPS) is 32.2. The third-order valence-corrected chi connectivity index (χ3v) is 5.71. The molecule has 0 N–H and O–H groups in total. The Kier molecular flexibility index (Phi) is 2.73. The number of hydrogen-bond donors (Lipinski definition) is 0. The molecule has 3 heteroatoms. The first-order chi connectivity index (χ1) is 8.34. The van der Waals surface area contributed by atoms with Crippen LogP contribution in [0.5, 0.6) is 0 Å². The van der Waals surface area contributed by atoms with Gasteiger partial charge in [-0.05, 0) is 70.7 Å². The van der Waals surface area contributed by atoms with Crippen molar-refractivity contribution in [2.24, 2.45) is 5.41 Å². The van der Waals surface area contributed by atoms with Crippen molar-refractivity contribution in [1.82, 2.24) is 0 Å². The minimum atomic E-state index is -0.204. The summed E-state index contributed by atoms with van der Waals surface area (Å²) in [7, 11) is -0.104. The predicted octanol–water partition coefficient (Wildman–Crippen LogP) is 3.90. The maximum Gasteiger partial charge on any atom is 0.490 e. The van der Waals surface area contributed by atoms with Crippen molar-refractivity contribution in [3.8, 4) is 0 Å². The van der Waals surface area contributed by atoms with Gasteiger partial charge in [0, 0.05) is 0 Å². The highest BCUT2D eigenvalue weighted by atomic mass is 16.7. The van der Waals surface area contributed by atoms with Crippen LogP contribution in [0.15, 0.2) is 11.5 Å². The topological polar surface area (TPSA) is 18.5 Å². The van der Waals surface area contributed by atoms with E-state index in [9.17, 15) is 0 Å². The lowest BCUT2D eigenvalue weighted by molar-refractivity contribution is 0.00578. The molecule has 100 valence electrons. The van der Waals surface area contributed by atoms with Crippen molar-refractivity contribution in [2.45, 2.75) is 77.4 Å². The van der Waals surface area contributed by atoms with Crippen LogP contribution in [-0.4, -0.2) is 18.3 Å². The summed E-state index contributed by atoms with van der Waals surface area (Å²) in [5.74, 6) is 0. The van der Waals surface area contributed by atoms with E-state index in [-0.39, 0.29) is 18.3 Å². The summed E-state index contributed by atoms with van der Waals surface area (Å²) in [5.41, 5.74) is 1.63. The zero-order valence-corrected chi connectivity index (χ0v) is 12.2. The summed E-state index contributed by atoms with van der Waals surface area (Å²) < 4.78 is 12.3. The third kappa shape index (κ3) is 1.87. The Hall–Kier alpha value is -0.275.